The van der Waals surface area contributed by atoms with Crippen molar-refractivity contribution in [3.8, 4) is 45.3 Å². The van der Waals surface area contributed by atoms with E-state index >= 15 is 0 Å². The molecule has 0 spiro atoms. The first-order chi connectivity index (χ1) is 19.6. The number of fused-ring (bicyclic) bond motifs is 6. The van der Waals surface area contributed by atoms with Crippen LogP contribution in [0.3, 0.4) is 0 Å². The second-order valence-corrected chi connectivity index (χ2v) is 10.9. The molecule has 1 aliphatic carbocycles. The van der Waals surface area contributed by atoms with Crippen molar-refractivity contribution in [2.75, 3.05) is 0 Å². The van der Waals surface area contributed by atoms with Crippen LogP contribution in [-0.2, 0) is 5.41 Å². The van der Waals surface area contributed by atoms with Gasteiger partial charge in [-0.25, -0.2) is 15.0 Å². The van der Waals surface area contributed by atoms with Crippen molar-refractivity contribution in [1.29, 1.82) is 0 Å². The molecule has 4 heteroatoms. The van der Waals surface area contributed by atoms with E-state index in [0.717, 1.165) is 38.6 Å². The minimum absolute atomic E-state index is 0.0787. The van der Waals surface area contributed by atoms with Gasteiger partial charge in [0.25, 0.3) is 0 Å². The fraction of sp³-hybridized carbons (Fsp3) is 0.0833. The van der Waals surface area contributed by atoms with Gasteiger partial charge < -0.3 is 4.42 Å². The lowest BCUT2D eigenvalue weighted by atomic mass is 9.82. The molecule has 40 heavy (non-hydrogen) atoms. The molecule has 1 aliphatic rings. The predicted molar refractivity (Wildman–Crippen MR) is 161 cm³/mol. The number of rotatable bonds is 3. The van der Waals surface area contributed by atoms with Gasteiger partial charge in [0.15, 0.2) is 17.5 Å². The van der Waals surface area contributed by atoms with Crippen LogP contribution in [0.4, 0.5) is 0 Å². The van der Waals surface area contributed by atoms with Gasteiger partial charge in [-0.15, -0.1) is 0 Å². The molecule has 190 valence electrons. The Morgan fingerprint density at radius 1 is 0.500 bits per heavy atom. The number of hydrogen-bond donors (Lipinski definition) is 0. The van der Waals surface area contributed by atoms with E-state index in [4.69, 9.17) is 19.4 Å². The Morgan fingerprint density at radius 2 is 1.10 bits per heavy atom. The fourth-order valence-corrected chi connectivity index (χ4v) is 6.10. The molecule has 5 aromatic carbocycles. The number of hydrogen-bond acceptors (Lipinski definition) is 4. The topological polar surface area (TPSA) is 51.8 Å². The summed E-state index contributed by atoms with van der Waals surface area (Å²) in [5.74, 6) is 1.86. The van der Waals surface area contributed by atoms with Gasteiger partial charge in [0, 0.05) is 27.3 Å². The Morgan fingerprint density at radius 3 is 1.80 bits per heavy atom. The molecule has 2 aromatic heterocycles. The van der Waals surface area contributed by atoms with Crippen molar-refractivity contribution >= 4 is 21.9 Å². The quantitative estimate of drug-likeness (QED) is 0.235. The monoisotopic (exact) mass is 515 g/mol. The average molecular weight is 516 g/mol. The largest absolute Gasteiger partial charge is 0.455 e. The summed E-state index contributed by atoms with van der Waals surface area (Å²) >= 11 is 0. The minimum Gasteiger partial charge on any atom is -0.455 e. The van der Waals surface area contributed by atoms with E-state index in [1.165, 1.54) is 22.3 Å². The van der Waals surface area contributed by atoms with Gasteiger partial charge in [-0.05, 0) is 40.5 Å². The van der Waals surface area contributed by atoms with Crippen LogP contribution in [0.1, 0.15) is 25.0 Å². The third-order valence-corrected chi connectivity index (χ3v) is 8.14. The summed E-state index contributed by atoms with van der Waals surface area (Å²) in [6.45, 7) is 4.61. The van der Waals surface area contributed by atoms with Crippen molar-refractivity contribution in [2.45, 2.75) is 19.3 Å². The van der Waals surface area contributed by atoms with E-state index in [0.29, 0.717) is 17.5 Å². The molecule has 0 fully saturated rings. The van der Waals surface area contributed by atoms with E-state index in [-0.39, 0.29) is 5.41 Å². The van der Waals surface area contributed by atoms with E-state index in [9.17, 15) is 0 Å². The zero-order valence-corrected chi connectivity index (χ0v) is 22.2. The van der Waals surface area contributed by atoms with Gasteiger partial charge in [-0.3, -0.25) is 0 Å². The van der Waals surface area contributed by atoms with E-state index in [1.54, 1.807) is 0 Å². The summed E-state index contributed by atoms with van der Waals surface area (Å²) in [5, 5.41) is 2.17. The van der Waals surface area contributed by atoms with Crippen LogP contribution in [0.25, 0.3) is 67.2 Å². The van der Waals surface area contributed by atoms with Gasteiger partial charge >= 0.3 is 0 Å². The molecule has 0 saturated heterocycles. The standard InChI is InChI=1S/C36H25N3O/c1-36(2)29-19-10-9-16-24(29)27-21-31-28(20-30(27)36)25-17-11-18-26(32(25)40-31)35-38-33(22-12-5-3-6-13-22)37-34(39-35)23-14-7-4-8-15-23/h3-21H,1-2H3. The maximum Gasteiger partial charge on any atom is 0.167 e. The summed E-state index contributed by atoms with van der Waals surface area (Å²) in [6, 6.07) is 39.5. The van der Waals surface area contributed by atoms with Crippen LogP contribution in [0.5, 0.6) is 0 Å². The molecule has 0 atom stereocenters. The Balaban J connectivity index is 1.37. The second kappa shape index (κ2) is 8.45. The highest BCUT2D eigenvalue weighted by atomic mass is 16.3. The highest BCUT2D eigenvalue weighted by molar-refractivity contribution is 6.11. The zero-order chi connectivity index (χ0) is 26.8. The molecule has 0 radical (unpaired) electrons. The van der Waals surface area contributed by atoms with Crippen LogP contribution in [-0.4, -0.2) is 15.0 Å². The van der Waals surface area contributed by atoms with Crippen LogP contribution in [0, 0.1) is 0 Å². The second-order valence-electron chi connectivity index (χ2n) is 10.9. The lowest BCUT2D eigenvalue weighted by Gasteiger charge is -2.21. The number of benzene rings is 5. The highest BCUT2D eigenvalue weighted by Gasteiger charge is 2.36. The first-order valence-electron chi connectivity index (χ1n) is 13.5. The molecule has 4 nitrogen and oxygen atoms in total. The van der Waals surface area contributed by atoms with Gasteiger partial charge in [-0.2, -0.15) is 0 Å². The normalized spacial score (nSPS) is 13.4. The third kappa shape index (κ3) is 3.36. The molecule has 0 aliphatic heterocycles. The molecule has 0 bridgehead atoms. The van der Waals surface area contributed by atoms with Crippen molar-refractivity contribution < 1.29 is 4.42 Å². The number of aromatic nitrogens is 3. The van der Waals surface area contributed by atoms with Crippen molar-refractivity contribution in [2.24, 2.45) is 0 Å². The van der Waals surface area contributed by atoms with E-state index in [2.05, 4.69) is 62.4 Å². The first kappa shape index (κ1) is 22.9. The maximum atomic E-state index is 6.64. The molecule has 0 amide bonds. The molecule has 7 aromatic rings. The maximum absolute atomic E-state index is 6.64. The van der Waals surface area contributed by atoms with E-state index < -0.39 is 0 Å². The molecule has 2 heterocycles. The zero-order valence-electron chi connectivity index (χ0n) is 22.2. The number of para-hydroxylation sites is 1. The number of nitrogens with zero attached hydrogens (tertiary/aromatic N) is 3. The van der Waals surface area contributed by atoms with Crippen LogP contribution < -0.4 is 0 Å². The smallest absolute Gasteiger partial charge is 0.167 e. The van der Waals surface area contributed by atoms with Gasteiger partial charge in [0.1, 0.15) is 11.2 Å². The van der Waals surface area contributed by atoms with Gasteiger partial charge in [-0.1, -0.05) is 111 Å². The molecule has 0 unspecified atom stereocenters. The average Bonchev–Trinajstić information content (AvgIpc) is 3.49. The summed E-state index contributed by atoms with van der Waals surface area (Å²) in [5.41, 5.74) is 9.52. The fourth-order valence-electron chi connectivity index (χ4n) is 6.10. The molecule has 0 saturated carbocycles. The summed E-state index contributed by atoms with van der Waals surface area (Å²) in [6.07, 6.45) is 0. The Labute approximate surface area is 232 Å². The van der Waals surface area contributed by atoms with E-state index in [1.807, 2.05) is 66.7 Å². The van der Waals surface area contributed by atoms with Crippen LogP contribution in [0.15, 0.2) is 120 Å². The van der Waals surface area contributed by atoms with Gasteiger partial charge in [0.05, 0.1) is 5.56 Å². The summed E-state index contributed by atoms with van der Waals surface area (Å²) in [7, 11) is 0. The SMILES string of the molecule is CC1(C)c2ccccc2-c2cc3oc4c(-c5nc(-c6ccccc6)nc(-c6ccccc6)n5)cccc4c3cc21. The Hall–Kier alpha value is -5.09. The summed E-state index contributed by atoms with van der Waals surface area (Å²) in [4.78, 5) is 14.8. The molecular weight excluding hydrogens is 490 g/mol. The molecule has 0 N–H and O–H groups in total. The third-order valence-electron chi connectivity index (χ3n) is 8.14. The predicted octanol–water partition coefficient (Wildman–Crippen LogP) is 9.08. The number of furan rings is 1. The molecule has 8 rings (SSSR count). The first-order valence-corrected chi connectivity index (χ1v) is 13.5. The minimum atomic E-state index is -0.0787. The lowest BCUT2D eigenvalue weighted by molar-refractivity contribution is 0.658. The molecular formula is C36H25N3O. The van der Waals surface area contributed by atoms with Crippen LogP contribution >= 0.6 is 0 Å². The highest BCUT2D eigenvalue weighted by Crippen LogP contribution is 2.51. The van der Waals surface area contributed by atoms with Crippen molar-refractivity contribution in [3.05, 3.63) is 126 Å². The Bertz CT molecular complexity index is 2020. The Kier molecular flexibility index (Phi) is 4.83. The van der Waals surface area contributed by atoms with Gasteiger partial charge in [0.2, 0.25) is 0 Å². The van der Waals surface area contributed by atoms with Crippen molar-refractivity contribution in [1.82, 2.24) is 15.0 Å². The van der Waals surface area contributed by atoms with Crippen LogP contribution in [0.2, 0.25) is 0 Å². The van der Waals surface area contributed by atoms with Crippen molar-refractivity contribution in [3.63, 3.8) is 0 Å². The lowest BCUT2D eigenvalue weighted by Crippen LogP contribution is -2.14. The summed E-state index contributed by atoms with van der Waals surface area (Å²) < 4.78 is 6.64.